The van der Waals surface area contributed by atoms with Gasteiger partial charge < -0.3 is 10.1 Å². The van der Waals surface area contributed by atoms with Gasteiger partial charge in [0.2, 0.25) is 0 Å². The fraction of sp³-hybridized carbons (Fsp3) is 0.611. The van der Waals surface area contributed by atoms with Gasteiger partial charge >= 0.3 is 0 Å². The van der Waals surface area contributed by atoms with Crippen LogP contribution in [0, 0.1) is 5.92 Å². The zero-order valence-corrected chi connectivity index (χ0v) is 14.5. The third kappa shape index (κ3) is 4.02. The Morgan fingerprint density at radius 3 is 2.64 bits per heavy atom. The molecule has 2 rings (SSSR count). The predicted molar refractivity (Wildman–Crippen MR) is 91.3 cm³/mol. The fourth-order valence-electron chi connectivity index (χ4n) is 2.90. The Kier molecular flexibility index (Phi) is 6.27. The van der Waals surface area contributed by atoms with E-state index in [0.717, 1.165) is 43.7 Å². The molecule has 0 aromatic heterocycles. The summed E-state index contributed by atoms with van der Waals surface area (Å²) in [5.74, 6) is 1.26. The fourth-order valence-corrected chi connectivity index (χ4v) is 3.12. The number of carbonyl (C=O) groups excluding carboxylic acids is 1. The van der Waals surface area contributed by atoms with E-state index < -0.39 is 0 Å². The Hall–Kier alpha value is -1.06. The van der Waals surface area contributed by atoms with Crippen LogP contribution in [-0.2, 0) is 0 Å². The lowest BCUT2D eigenvalue weighted by Crippen LogP contribution is -2.32. The monoisotopic (exact) mass is 323 g/mol. The van der Waals surface area contributed by atoms with Gasteiger partial charge in [0.25, 0.3) is 0 Å². The van der Waals surface area contributed by atoms with Gasteiger partial charge in [-0.2, -0.15) is 0 Å². The summed E-state index contributed by atoms with van der Waals surface area (Å²) in [4.78, 5) is 12.9. The average Bonchev–Trinajstić information content (AvgIpc) is 2.53. The minimum atomic E-state index is 0.0729. The van der Waals surface area contributed by atoms with E-state index >= 15 is 0 Å². The van der Waals surface area contributed by atoms with Crippen LogP contribution in [0.15, 0.2) is 12.1 Å². The summed E-state index contributed by atoms with van der Waals surface area (Å²) in [6, 6.07) is 3.71. The second kappa shape index (κ2) is 7.98. The number of ketones is 1. The molecule has 1 heterocycles. The van der Waals surface area contributed by atoms with Crippen molar-refractivity contribution in [1.82, 2.24) is 5.32 Å². The predicted octanol–water partition coefficient (Wildman–Crippen LogP) is 4.43. The zero-order valence-electron chi connectivity index (χ0n) is 13.7. The van der Waals surface area contributed by atoms with Crippen molar-refractivity contribution in [3.63, 3.8) is 0 Å². The lowest BCUT2D eigenvalue weighted by Gasteiger charge is -2.24. The van der Waals surface area contributed by atoms with Crippen LogP contribution in [0.3, 0.4) is 0 Å². The van der Waals surface area contributed by atoms with Crippen molar-refractivity contribution in [2.75, 3.05) is 19.7 Å². The number of rotatable bonds is 6. The molecular formula is C18H26ClNO2. The lowest BCUT2D eigenvalue weighted by atomic mass is 9.87. The Morgan fingerprint density at radius 2 is 2.05 bits per heavy atom. The topological polar surface area (TPSA) is 38.3 Å². The number of ether oxygens (including phenoxy) is 1. The summed E-state index contributed by atoms with van der Waals surface area (Å²) in [5.41, 5.74) is 1.69. The Bertz CT molecular complexity index is 522. The normalized spacial score (nSPS) is 16.0. The van der Waals surface area contributed by atoms with Crippen molar-refractivity contribution >= 4 is 17.4 Å². The molecule has 1 aromatic carbocycles. The van der Waals surface area contributed by atoms with Crippen LogP contribution in [-0.4, -0.2) is 25.5 Å². The van der Waals surface area contributed by atoms with E-state index in [9.17, 15) is 4.79 Å². The number of hydrogen-bond donors (Lipinski definition) is 1. The molecular weight excluding hydrogens is 298 g/mol. The van der Waals surface area contributed by atoms with E-state index in [1.54, 1.807) is 6.07 Å². The van der Waals surface area contributed by atoms with Crippen LogP contribution < -0.4 is 10.1 Å². The highest BCUT2D eigenvalue weighted by molar-refractivity contribution is 6.31. The maximum Gasteiger partial charge on any atom is 0.169 e. The molecule has 0 radical (unpaired) electrons. The summed E-state index contributed by atoms with van der Waals surface area (Å²) in [7, 11) is 0. The third-order valence-corrected chi connectivity index (χ3v) is 4.35. The number of carbonyl (C=O) groups is 1. The molecule has 0 saturated carbocycles. The molecule has 0 atom stereocenters. The summed E-state index contributed by atoms with van der Waals surface area (Å²) >= 11 is 6.26. The van der Waals surface area contributed by atoms with Crippen molar-refractivity contribution in [2.45, 2.75) is 46.0 Å². The Labute approximate surface area is 138 Å². The number of benzene rings is 1. The maximum absolute atomic E-state index is 12.9. The van der Waals surface area contributed by atoms with E-state index in [2.05, 4.69) is 26.1 Å². The second-order valence-electron chi connectivity index (χ2n) is 6.26. The minimum Gasteiger partial charge on any atom is -0.493 e. The summed E-state index contributed by atoms with van der Waals surface area (Å²) in [6.45, 7) is 8.69. The molecule has 0 amide bonds. The van der Waals surface area contributed by atoms with Crippen molar-refractivity contribution in [3.05, 3.63) is 28.3 Å². The first kappa shape index (κ1) is 17.3. The molecule has 3 nitrogen and oxygen atoms in total. The molecule has 1 aromatic rings. The van der Waals surface area contributed by atoms with E-state index in [-0.39, 0.29) is 17.6 Å². The molecule has 22 heavy (non-hydrogen) atoms. The number of halogens is 1. The molecule has 0 aliphatic carbocycles. The smallest absolute Gasteiger partial charge is 0.169 e. The largest absolute Gasteiger partial charge is 0.493 e. The zero-order chi connectivity index (χ0) is 16.1. The molecule has 0 unspecified atom stereocenters. The number of nitrogens with one attached hydrogen (secondary N) is 1. The molecule has 0 spiro atoms. The summed E-state index contributed by atoms with van der Waals surface area (Å²) < 4.78 is 5.95. The van der Waals surface area contributed by atoms with E-state index in [4.69, 9.17) is 16.3 Å². The van der Waals surface area contributed by atoms with Gasteiger partial charge in [-0.1, -0.05) is 32.4 Å². The maximum atomic E-state index is 12.9. The van der Waals surface area contributed by atoms with Gasteiger partial charge in [-0.25, -0.2) is 0 Å². The van der Waals surface area contributed by atoms with Crippen molar-refractivity contribution in [3.8, 4) is 5.75 Å². The number of hydrogen-bond acceptors (Lipinski definition) is 3. The molecule has 1 aliphatic heterocycles. The van der Waals surface area contributed by atoms with Crippen molar-refractivity contribution in [2.24, 2.45) is 5.92 Å². The van der Waals surface area contributed by atoms with Gasteiger partial charge in [0, 0.05) is 10.9 Å². The number of Topliss-reactive ketones (excluding diaryl/α,β-unsaturated/α-hetero) is 1. The molecule has 4 heteroatoms. The Balaban J connectivity index is 2.40. The average molecular weight is 324 g/mol. The molecule has 1 saturated heterocycles. The summed E-state index contributed by atoms with van der Waals surface area (Å²) in [5, 5.41) is 3.92. The standard InChI is InChI=1S/C18H26ClNO2/c1-4-9-22-18-15(12(2)3)10-14(19)11-16(18)17(21)13-5-7-20-8-6-13/h10-13,20H,4-9H2,1-3H3. The van der Waals surface area contributed by atoms with Crippen LogP contribution >= 0.6 is 11.6 Å². The van der Waals surface area contributed by atoms with Crippen LogP contribution in [0.25, 0.3) is 0 Å². The Morgan fingerprint density at radius 1 is 1.36 bits per heavy atom. The highest BCUT2D eigenvalue weighted by Gasteiger charge is 2.27. The van der Waals surface area contributed by atoms with Gasteiger partial charge in [0.1, 0.15) is 5.75 Å². The molecule has 1 aliphatic rings. The second-order valence-corrected chi connectivity index (χ2v) is 6.70. The quantitative estimate of drug-likeness (QED) is 0.787. The first-order valence-corrected chi connectivity index (χ1v) is 8.63. The van der Waals surface area contributed by atoms with E-state index in [0.29, 0.717) is 17.2 Å². The highest BCUT2D eigenvalue weighted by Crippen LogP contribution is 2.36. The first-order chi connectivity index (χ1) is 10.5. The van der Waals surface area contributed by atoms with Crippen molar-refractivity contribution in [1.29, 1.82) is 0 Å². The van der Waals surface area contributed by atoms with Gasteiger partial charge in [-0.15, -0.1) is 0 Å². The van der Waals surface area contributed by atoms with Crippen LogP contribution in [0.2, 0.25) is 5.02 Å². The number of piperidine rings is 1. The van der Waals surface area contributed by atoms with Crippen LogP contribution in [0.5, 0.6) is 5.75 Å². The van der Waals surface area contributed by atoms with E-state index in [1.807, 2.05) is 6.07 Å². The van der Waals surface area contributed by atoms with E-state index in [1.165, 1.54) is 0 Å². The molecule has 1 N–H and O–H groups in total. The van der Waals surface area contributed by atoms with Crippen LogP contribution in [0.1, 0.15) is 61.9 Å². The van der Waals surface area contributed by atoms with Crippen LogP contribution in [0.4, 0.5) is 0 Å². The van der Waals surface area contributed by atoms with Gasteiger partial charge in [0.05, 0.1) is 12.2 Å². The molecule has 122 valence electrons. The third-order valence-electron chi connectivity index (χ3n) is 4.13. The lowest BCUT2D eigenvalue weighted by molar-refractivity contribution is 0.0890. The SMILES string of the molecule is CCCOc1c(C(=O)C2CCNCC2)cc(Cl)cc1C(C)C. The minimum absolute atomic E-state index is 0.0729. The first-order valence-electron chi connectivity index (χ1n) is 8.25. The summed E-state index contributed by atoms with van der Waals surface area (Å²) in [6.07, 6.45) is 2.69. The molecule has 1 fully saturated rings. The highest BCUT2D eigenvalue weighted by atomic mass is 35.5. The van der Waals surface area contributed by atoms with Gasteiger partial charge in [-0.3, -0.25) is 4.79 Å². The van der Waals surface area contributed by atoms with Crippen molar-refractivity contribution < 1.29 is 9.53 Å². The van der Waals surface area contributed by atoms with Gasteiger partial charge in [0.15, 0.2) is 5.78 Å². The molecule has 0 bridgehead atoms. The van der Waals surface area contributed by atoms with Gasteiger partial charge in [-0.05, 0) is 56.0 Å².